The molecule has 0 unspecified atom stereocenters. The van der Waals surface area contributed by atoms with Gasteiger partial charge in [-0.05, 0) is 12.1 Å². The molecule has 0 aliphatic carbocycles. The Labute approximate surface area is 92.5 Å². The highest BCUT2D eigenvalue weighted by Crippen LogP contribution is 2.17. The van der Waals surface area contributed by atoms with E-state index in [4.69, 9.17) is 10.5 Å². The van der Waals surface area contributed by atoms with Crippen LogP contribution in [0, 0.1) is 5.82 Å². The fourth-order valence-electron chi connectivity index (χ4n) is 1.30. The lowest BCUT2D eigenvalue weighted by molar-refractivity contribution is 0.277. The molecule has 5 heteroatoms. The second-order valence-electron chi connectivity index (χ2n) is 3.38. The molecule has 84 valence electrons. The second kappa shape index (κ2) is 4.22. The Morgan fingerprint density at radius 3 is 2.81 bits per heavy atom. The first-order valence-electron chi connectivity index (χ1n) is 4.82. The summed E-state index contributed by atoms with van der Waals surface area (Å²) in [6.07, 6.45) is 1.54. The van der Waals surface area contributed by atoms with Crippen LogP contribution in [-0.4, -0.2) is 9.55 Å². The lowest BCUT2D eigenvalue weighted by Gasteiger charge is -2.07. The molecule has 0 saturated carbocycles. The number of hydrogen-bond donors (Lipinski definition) is 1. The largest absolute Gasteiger partial charge is 0.483 e. The Hall–Kier alpha value is -2.04. The molecule has 16 heavy (non-hydrogen) atoms. The topological polar surface area (TPSA) is 53.1 Å². The minimum absolute atomic E-state index is 0.189. The third-order valence-corrected chi connectivity index (χ3v) is 2.31. The van der Waals surface area contributed by atoms with Gasteiger partial charge in [-0.15, -0.1) is 0 Å². The molecule has 2 N–H and O–H groups in total. The number of para-hydroxylation sites is 1. The van der Waals surface area contributed by atoms with E-state index < -0.39 is 0 Å². The van der Waals surface area contributed by atoms with Crippen molar-refractivity contribution in [3.05, 3.63) is 42.1 Å². The number of rotatable bonds is 3. The SMILES string of the molecule is Cn1c(N)cnc1COc1ccccc1F. The van der Waals surface area contributed by atoms with E-state index in [1.165, 1.54) is 6.07 Å². The van der Waals surface area contributed by atoms with Crippen molar-refractivity contribution in [3.8, 4) is 5.75 Å². The van der Waals surface area contributed by atoms with E-state index in [2.05, 4.69) is 4.98 Å². The third kappa shape index (κ3) is 1.98. The van der Waals surface area contributed by atoms with Crippen LogP contribution in [0.2, 0.25) is 0 Å². The molecular weight excluding hydrogens is 209 g/mol. The van der Waals surface area contributed by atoms with Crippen molar-refractivity contribution < 1.29 is 9.13 Å². The van der Waals surface area contributed by atoms with Crippen LogP contribution < -0.4 is 10.5 Å². The van der Waals surface area contributed by atoms with Gasteiger partial charge in [-0.25, -0.2) is 9.37 Å². The molecule has 2 aromatic rings. The Balaban J connectivity index is 2.08. The maximum Gasteiger partial charge on any atom is 0.165 e. The summed E-state index contributed by atoms with van der Waals surface area (Å²) >= 11 is 0. The van der Waals surface area contributed by atoms with Gasteiger partial charge >= 0.3 is 0 Å². The second-order valence-corrected chi connectivity index (χ2v) is 3.38. The van der Waals surface area contributed by atoms with Gasteiger partial charge in [-0.2, -0.15) is 0 Å². The van der Waals surface area contributed by atoms with Crippen molar-refractivity contribution in [1.82, 2.24) is 9.55 Å². The van der Waals surface area contributed by atoms with E-state index in [0.717, 1.165) is 0 Å². The highest BCUT2D eigenvalue weighted by molar-refractivity contribution is 5.28. The molecule has 0 aliphatic heterocycles. The standard InChI is InChI=1S/C11H12FN3O/c1-15-10(13)6-14-11(15)7-16-9-5-3-2-4-8(9)12/h2-6H,7,13H2,1H3. The van der Waals surface area contributed by atoms with Crippen molar-refractivity contribution in [2.75, 3.05) is 5.73 Å². The van der Waals surface area contributed by atoms with Crippen LogP contribution in [-0.2, 0) is 13.7 Å². The highest BCUT2D eigenvalue weighted by atomic mass is 19.1. The van der Waals surface area contributed by atoms with Crippen LogP contribution in [0.1, 0.15) is 5.82 Å². The number of aromatic nitrogens is 2. The van der Waals surface area contributed by atoms with Crippen molar-refractivity contribution in [2.24, 2.45) is 7.05 Å². The van der Waals surface area contributed by atoms with Gasteiger partial charge in [-0.1, -0.05) is 12.1 Å². The Morgan fingerprint density at radius 1 is 1.44 bits per heavy atom. The number of imidazole rings is 1. The van der Waals surface area contributed by atoms with Crippen molar-refractivity contribution in [3.63, 3.8) is 0 Å². The summed E-state index contributed by atoms with van der Waals surface area (Å²) in [6.45, 7) is 0.189. The predicted octanol–water partition coefficient (Wildman–Crippen LogP) is 1.72. The molecule has 1 aromatic carbocycles. The molecule has 0 aliphatic rings. The molecule has 0 radical (unpaired) electrons. The molecule has 0 atom stereocenters. The zero-order valence-corrected chi connectivity index (χ0v) is 8.85. The average Bonchev–Trinajstić information content (AvgIpc) is 2.59. The summed E-state index contributed by atoms with van der Waals surface area (Å²) in [6, 6.07) is 6.25. The number of nitrogen functional groups attached to an aromatic ring is 1. The van der Waals surface area contributed by atoms with E-state index in [1.54, 1.807) is 36.0 Å². The first kappa shape index (κ1) is 10.5. The van der Waals surface area contributed by atoms with Gasteiger partial charge < -0.3 is 15.0 Å². The molecule has 0 bridgehead atoms. The smallest absolute Gasteiger partial charge is 0.165 e. The number of nitrogens with two attached hydrogens (primary N) is 1. The van der Waals surface area contributed by atoms with Crippen molar-refractivity contribution in [1.29, 1.82) is 0 Å². The molecule has 0 amide bonds. The normalized spacial score (nSPS) is 10.4. The maximum absolute atomic E-state index is 13.2. The number of ether oxygens (including phenoxy) is 1. The van der Waals surface area contributed by atoms with Crippen LogP contribution in [0.25, 0.3) is 0 Å². The van der Waals surface area contributed by atoms with Crippen LogP contribution >= 0.6 is 0 Å². The number of benzene rings is 1. The van der Waals surface area contributed by atoms with E-state index >= 15 is 0 Å². The van der Waals surface area contributed by atoms with Crippen LogP contribution in [0.4, 0.5) is 10.2 Å². The van der Waals surface area contributed by atoms with Gasteiger partial charge in [0.25, 0.3) is 0 Å². The summed E-state index contributed by atoms with van der Waals surface area (Å²) in [7, 11) is 1.78. The summed E-state index contributed by atoms with van der Waals surface area (Å²) in [5, 5.41) is 0. The van der Waals surface area contributed by atoms with E-state index in [-0.39, 0.29) is 18.2 Å². The Kier molecular flexibility index (Phi) is 2.76. The minimum Gasteiger partial charge on any atom is -0.483 e. The summed E-state index contributed by atoms with van der Waals surface area (Å²) < 4.78 is 20.2. The summed E-state index contributed by atoms with van der Waals surface area (Å²) in [5.74, 6) is 1.03. The number of nitrogens with zero attached hydrogens (tertiary/aromatic N) is 2. The molecule has 0 spiro atoms. The highest BCUT2D eigenvalue weighted by Gasteiger charge is 2.06. The monoisotopic (exact) mass is 221 g/mol. The first-order chi connectivity index (χ1) is 7.68. The van der Waals surface area contributed by atoms with Gasteiger partial charge in [0, 0.05) is 7.05 Å². The van der Waals surface area contributed by atoms with Crippen molar-refractivity contribution in [2.45, 2.75) is 6.61 Å². The molecule has 0 saturated heterocycles. The minimum atomic E-state index is -0.385. The quantitative estimate of drug-likeness (QED) is 0.858. The van der Waals surface area contributed by atoms with E-state index in [1.807, 2.05) is 0 Å². The van der Waals surface area contributed by atoms with Gasteiger partial charge in [0.1, 0.15) is 18.2 Å². The van der Waals surface area contributed by atoms with Gasteiger partial charge in [0.05, 0.1) is 6.20 Å². The third-order valence-electron chi connectivity index (χ3n) is 2.31. The number of hydrogen-bond acceptors (Lipinski definition) is 3. The lowest BCUT2D eigenvalue weighted by atomic mass is 10.3. The van der Waals surface area contributed by atoms with E-state index in [0.29, 0.717) is 11.6 Å². The lowest BCUT2D eigenvalue weighted by Crippen LogP contribution is -2.06. The summed E-state index contributed by atoms with van der Waals surface area (Å²) in [4.78, 5) is 4.05. The Morgan fingerprint density at radius 2 is 2.19 bits per heavy atom. The number of anilines is 1. The predicted molar refractivity (Wildman–Crippen MR) is 58.4 cm³/mol. The first-order valence-corrected chi connectivity index (χ1v) is 4.82. The molecular formula is C11H12FN3O. The fourth-order valence-corrected chi connectivity index (χ4v) is 1.30. The molecule has 1 heterocycles. The fraction of sp³-hybridized carbons (Fsp3) is 0.182. The summed E-state index contributed by atoms with van der Waals surface area (Å²) in [5.41, 5.74) is 5.61. The van der Waals surface area contributed by atoms with E-state index in [9.17, 15) is 4.39 Å². The van der Waals surface area contributed by atoms with Gasteiger partial charge in [-0.3, -0.25) is 0 Å². The van der Waals surface area contributed by atoms with Crippen molar-refractivity contribution >= 4 is 5.82 Å². The van der Waals surface area contributed by atoms with Crippen LogP contribution in [0.5, 0.6) is 5.75 Å². The van der Waals surface area contributed by atoms with Crippen LogP contribution in [0.3, 0.4) is 0 Å². The molecule has 4 nitrogen and oxygen atoms in total. The van der Waals surface area contributed by atoms with Crippen LogP contribution in [0.15, 0.2) is 30.5 Å². The Bertz CT molecular complexity index is 496. The molecule has 1 aromatic heterocycles. The zero-order chi connectivity index (χ0) is 11.5. The molecule has 2 rings (SSSR count). The zero-order valence-electron chi connectivity index (χ0n) is 8.85. The average molecular weight is 221 g/mol. The maximum atomic E-state index is 13.2. The molecule has 0 fully saturated rings. The number of halogens is 1. The van der Waals surface area contributed by atoms with Gasteiger partial charge in [0.15, 0.2) is 11.6 Å². The van der Waals surface area contributed by atoms with Gasteiger partial charge in [0.2, 0.25) is 0 Å².